The van der Waals surface area contributed by atoms with Crippen LogP contribution >= 0.6 is 0 Å². The Balaban J connectivity index is 2.18. The van der Waals surface area contributed by atoms with E-state index in [1.54, 1.807) is 0 Å². The monoisotopic (exact) mass is 166 g/mol. The average molecular weight is 166 g/mol. The summed E-state index contributed by atoms with van der Waals surface area (Å²) < 4.78 is 11.7. The minimum absolute atomic E-state index is 0.0990. The van der Waals surface area contributed by atoms with Gasteiger partial charge in [0.15, 0.2) is 0 Å². The molecule has 0 amide bonds. The Morgan fingerprint density at radius 2 is 2.09 bits per heavy atom. The van der Waals surface area contributed by atoms with Crippen molar-refractivity contribution in [1.82, 2.24) is 0 Å². The molecular weight excluding hydrogens is 156 g/mol. The van der Waals surface area contributed by atoms with Crippen molar-refractivity contribution in [2.24, 2.45) is 5.41 Å². The van der Waals surface area contributed by atoms with Gasteiger partial charge in [0.05, 0.1) is 4.75 Å². The van der Waals surface area contributed by atoms with Crippen LogP contribution in [0.5, 0.6) is 0 Å². The van der Waals surface area contributed by atoms with Gasteiger partial charge in [-0.1, -0.05) is 24.3 Å². The van der Waals surface area contributed by atoms with Crippen LogP contribution in [0.25, 0.3) is 0 Å². The molecule has 0 spiro atoms. The van der Waals surface area contributed by atoms with E-state index in [1.807, 2.05) is 0 Å². The first-order valence-corrected chi connectivity index (χ1v) is 5.37. The molecule has 1 saturated carbocycles. The molecule has 2 aliphatic carbocycles. The lowest BCUT2D eigenvalue weighted by Gasteiger charge is -2.11. The standard InChI is InChI=1S/C9H10OS/c10-11-6-5-8-3-1-2-4-9(8,11)7-8/h1-4H,5-7H2/t8-,9+,11?/m0/s1. The zero-order valence-electron chi connectivity index (χ0n) is 6.25. The van der Waals surface area contributed by atoms with Crippen LogP contribution in [0.4, 0.5) is 0 Å². The maximum Gasteiger partial charge on any atom is 0.0741 e. The summed E-state index contributed by atoms with van der Waals surface area (Å²) >= 11 is 0. The number of hydrogen-bond acceptors (Lipinski definition) is 1. The molecule has 3 atom stereocenters. The summed E-state index contributed by atoms with van der Waals surface area (Å²) in [7, 11) is -0.578. The van der Waals surface area contributed by atoms with Gasteiger partial charge in [-0.3, -0.25) is 4.21 Å². The predicted molar refractivity (Wildman–Crippen MR) is 45.7 cm³/mol. The van der Waals surface area contributed by atoms with Gasteiger partial charge in [-0.2, -0.15) is 0 Å². The highest BCUT2D eigenvalue weighted by Gasteiger charge is 2.71. The molecule has 0 N–H and O–H groups in total. The van der Waals surface area contributed by atoms with E-state index in [0.717, 1.165) is 18.6 Å². The van der Waals surface area contributed by atoms with Crippen molar-refractivity contribution in [2.75, 3.05) is 5.75 Å². The predicted octanol–water partition coefficient (Wildman–Crippen LogP) is 1.39. The molecular formula is C9H10OS. The molecule has 58 valence electrons. The van der Waals surface area contributed by atoms with Crippen LogP contribution in [-0.4, -0.2) is 14.7 Å². The number of allylic oxidation sites excluding steroid dienone is 3. The Morgan fingerprint density at radius 1 is 1.27 bits per heavy atom. The fourth-order valence-corrected chi connectivity index (χ4v) is 4.71. The van der Waals surface area contributed by atoms with Crippen LogP contribution < -0.4 is 0 Å². The lowest BCUT2D eigenvalue weighted by molar-refractivity contribution is 0.627. The van der Waals surface area contributed by atoms with E-state index >= 15 is 0 Å². The Hall–Kier alpha value is -0.370. The number of rotatable bonds is 0. The van der Waals surface area contributed by atoms with E-state index in [9.17, 15) is 4.21 Å². The SMILES string of the molecule is O=S1CC[C@]23C=CC=C[C@]12C3. The second kappa shape index (κ2) is 1.53. The lowest BCUT2D eigenvalue weighted by Crippen LogP contribution is -2.16. The summed E-state index contributed by atoms with van der Waals surface area (Å²) in [5.74, 6) is 0.911. The van der Waals surface area contributed by atoms with Crippen LogP contribution in [-0.2, 0) is 10.8 Å². The van der Waals surface area contributed by atoms with E-state index in [-0.39, 0.29) is 4.75 Å². The highest BCUT2D eigenvalue weighted by Crippen LogP contribution is 2.69. The van der Waals surface area contributed by atoms with E-state index in [2.05, 4.69) is 24.3 Å². The highest BCUT2D eigenvalue weighted by molar-refractivity contribution is 7.87. The van der Waals surface area contributed by atoms with Gasteiger partial charge in [-0.05, 0) is 12.8 Å². The van der Waals surface area contributed by atoms with Gasteiger partial charge in [0.2, 0.25) is 0 Å². The maximum absolute atomic E-state index is 11.6. The zero-order chi connectivity index (χ0) is 7.53. The summed E-state index contributed by atoms with van der Waals surface area (Å²) in [6.07, 6.45) is 10.9. The van der Waals surface area contributed by atoms with Crippen LogP contribution in [0.3, 0.4) is 0 Å². The first kappa shape index (κ1) is 6.18. The van der Waals surface area contributed by atoms with Gasteiger partial charge in [0.1, 0.15) is 0 Å². The molecule has 1 heterocycles. The van der Waals surface area contributed by atoms with E-state index < -0.39 is 10.8 Å². The molecule has 3 aliphatic rings. The Labute approximate surface area is 68.6 Å². The van der Waals surface area contributed by atoms with E-state index in [4.69, 9.17) is 0 Å². The number of hydrogen-bond donors (Lipinski definition) is 0. The molecule has 1 aliphatic heterocycles. The van der Waals surface area contributed by atoms with Crippen LogP contribution in [0, 0.1) is 5.41 Å². The minimum Gasteiger partial charge on any atom is -0.259 e. The molecule has 11 heavy (non-hydrogen) atoms. The molecule has 0 bridgehead atoms. The Kier molecular flexibility index (Phi) is 0.861. The van der Waals surface area contributed by atoms with Crippen LogP contribution in [0.15, 0.2) is 24.3 Å². The maximum atomic E-state index is 11.6. The molecule has 3 rings (SSSR count). The highest BCUT2D eigenvalue weighted by atomic mass is 32.2. The molecule has 0 radical (unpaired) electrons. The summed E-state index contributed by atoms with van der Waals surface area (Å²) in [5, 5.41) is 0. The molecule has 1 unspecified atom stereocenters. The molecule has 2 fully saturated rings. The summed E-state index contributed by atoms with van der Waals surface area (Å²) in [6.45, 7) is 0. The van der Waals surface area contributed by atoms with Crippen molar-refractivity contribution >= 4 is 10.8 Å². The fraction of sp³-hybridized carbons (Fsp3) is 0.556. The molecule has 1 nitrogen and oxygen atoms in total. The van der Waals surface area contributed by atoms with Gasteiger partial charge in [-0.25, -0.2) is 0 Å². The Morgan fingerprint density at radius 3 is 2.91 bits per heavy atom. The van der Waals surface area contributed by atoms with Crippen LogP contribution in [0.2, 0.25) is 0 Å². The van der Waals surface area contributed by atoms with Crippen LogP contribution in [0.1, 0.15) is 12.8 Å². The smallest absolute Gasteiger partial charge is 0.0741 e. The minimum atomic E-state index is -0.578. The molecule has 0 aromatic rings. The van der Waals surface area contributed by atoms with Gasteiger partial charge < -0.3 is 0 Å². The lowest BCUT2D eigenvalue weighted by atomic mass is 9.97. The summed E-state index contributed by atoms with van der Waals surface area (Å²) in [5.41, 5.74) is 0.340. The second-order valence-electron chi connectivity index (χ2n) is 3.74. The Bertz CT molecular complexity index is 305. The second-order valence-corrected chi connectivity index (χ2v) is 5.57. The molecule has 0 aromatic heterocycles. The average Bonchev–Trinajstić information content (AvgIpc) is 2.63. The third kappa shape index (κ3) is 0.496. The van der Waals surface area contributed by atoms with Crippen molar-refractivity contribution in [3.63, 3.8) is 0 Å². The first-order chi connectivity index (χ1) is 5.29. The largest absolute Gasteiger partial charge is 0.259 e. The van der Waals surface area contributed by atoms with Gasteiger partial charge >= 0.3 is 0 Å². The topological polar surface area (TPSA) is 17.1 Å². The van der Waals surface area contributed by atoms with Crippen molar-refractivity contribution in [1.29, 1.82) is 0 Å². The normalized spacial score (nSPS) is 57.3. The third-order valence-corrected chi connectivity index (χ3v) is 5.40. The summed E-state index contributed by atoms with van der Waals surface area (Å²) in [4.78, 5) is 0. The van der Waals surface area contributed by atoms with Crippen molar-refractivity contribution in [2.45, 2.75) is 17.6 Å². The summed E-state index contributed by atoms with van der Waals surface area (Å²) in [6, 6.07) is 0. The zero-order valence-corrected chi connectivity index (χ0v) is 7.06. The fourth-order valence-electron chi connectivity index (χ4n) is 2.52. The van der Waals surface area contributed by atoms with Gasteiger partial charge in [0.25, 0.3) is 0 Å². The van der Waals surface area contributed by atoms with Crippen molar-refractivity contribution in [3.8, 4) is 0 Å². The quantitative estimate of drug-likeness (QED) is 0.531. The first-order valence-electron chi connectivity index (χ1n) is 4.05. The van der Waals surface area contributed by atoms with E-state index in [1.165, 1.54) is 0 Å². The van der Waals surface area contributed by atoms with Gasteiger partial charge in [-0.15, -0.1) is 0 Å². The molecule has 2 heteroatoms. The van der Waals surface area contributed by atoms with Crippen molar-refractivity contribution in [3.05, 3.63) is 24.3 Å². The molecule has 0 aromatic carbocycles. The molecule has 1 saturated heterocycles. The van der Waals surface area contributed by atoms with E-state index in [0.29, 0.717) is 5.41 Å². The third-order valence-electron chi connectivity index (χ3n) is 3.33. The van der Waals surface area contributed by atoms with Crippen molar-refractivity contribution < 1.29 is 4.21 Å². The van der Waals surface area contributed by atoms with Gasteiger partial charge in [0, 0.05) is 22.0 Å².